The Balaban J connectivity index is 0.000000338. The lowest BCUT2D eigenvalue weighted by molar-refractivity contribution is -0.318. The van der Waals surface area contributed by atoms with Gasteiger partial charge in [-0.1, -0.05) is 27.7 Å². The van der Waals surface area contributed by atoms with Gasteiger partial charge in [0.25, 0.3) is 0 Å². The van der Waals surface area contributed by atoms with Gasteiger partial charge >= 0.3 is 5.97 Å². The van der Waals surface area contributed by atoms with E-state index in [9.17, 15) is 50.4 Å². The average molecular weight is 1180 g/mol. The predicted molar refractivity (Wildman–Crippen MR) is 297 cm³/mol. The number of carbonyl (C=O) groups excluding carboxylic acids is 2. The van der Waals surface area contributed by atoms with E-state index in [1.165, 1.54) is 27.9 Å². The van der Waals surface area contributed by atoms with Crippen LogP contribution in [0.1, 0.15) is 121 Å². The number of nitrogens with two attached hydrogens (primary N) is 4. The molecule has 82 heavy (non-hydrogen) atoms. The molecule has 0 aromatic carbocycles. The van der Waals surface area contributed by atoms with Crippen LogP contribution in [-0.2, 0) is 57.0 Å². The van der Waals surface area contributed by atoms with Crippen molar-refractivity contribution in [1.29, 1.82) is 0 Å². The first-order chi connectivity index (χ1) is 38.0. The number of carbonyl (C=O) groups is 2. The first-order valence-electron chi connectivity index (χ1n) is 29.4. The van der Waals surface area contributed by atoms with Gasteiger partial charge in [-0.15, -0.1) is 0 Å². The quantitative estimate of drug-likeness (QED) is 0.0871. The number of ketones is 1. The Labute approximate surface area is 484 Å². The van der Waals surface area contributed by atoms with E-state index in [1.54, 1.807) is 55.5 Å². The molecule has 6 rings (SSSR count). The van der Waals surface area contributed by atoms with E-state index in [-0.39, 0.29) is 50.2 Å². The van der Waals surface area contributed by atoms with E-state index in [1.807, 2.05) is 25.9 Å². The number of ether oxygens (including phenoxy) is 10. The predicted octanol–water partition coefficient (Wildman–Crippen LogP) is -2.19. The summed E-state index contributed by atoms with van der Waals surface area (Å²) in [7, 11) is 6.80. The molecule has 1 saturated carbocycles. The highest BCUT2D eigenvalue weighted by Crippen LogP contribution is 2.41. The van der Waals surface area contributed by atoms with Crippen LogP contribution in [0, 0.1) is 23.7 Å². The normalized spacial score (nSPS) is 50.4. The van der Waals surface area contributed by atoms with Crippen LogP contribution < -0.4 is 28.3 Å². The monoisotopic (exact) mass is 1180 g/mol. The van der Waals surface area contributed by atoms with Crippen LogP contribution in [0.15, 0.2) is 0 Å². The van der Waals surface area contributed by atoms with E-state index >= 15 is 0 Å². The molecule has 0 amide bonds. The summed E-state index contributed by atoms with van der Waals surface area (Å²) in [4.78, 5) is 29.8. The number of Topliss-reactive ketones (excluding diaryl/α,β-unsaturated/α-hetero) is 1. The highest BCUT2D eigenvalue weighted by molar-refractivity contribution is 5.83. The molecule has 0 aromatic heterocycles. The van der Waals surface area contributed by atoms with Crippen LogP contribution >= 0.6 is 0 Å². The third-order valence-corrected chi connectivity index (χ3v) is 18.4. The Bertz CT molecular complexity index is 2020. The second-order valence-corrected chi connectivity index (χ2v) is 25.6. The summed E-state index contributed by atoms with van der Waals surface area (Å²) in [5.41, 5.74) is 18.2. The van der Waals surface area contributed by atoms with Gasteiger partial charge in [0, 0.05) is 56.0 Å². The number of nitrogens with zero attached hydrogens (tertiary/aromatic N) is 1. The molecule has 17 N–H and O–H groups in total. The molecule has 26 nitrogen and oxygen atoms in total. The van der Waals surface area contributed by atoms with Gasteiger partial charge in [-0.05, 0) is 108 Å². The summed E-state index contributed by atoms with van der Waals surface area (Å²) < 4.78 is 60.3. The maximum absolute atomic E-state index is 14.1. The number of rotatable bonds is 13. The van der Waals surface area contributed by atoms with Gasteiger partial charge in [0.15, 0.2) is 25.2 Å². The lowest BCUT2D eigenvalue weighted by Crippen LogP contribution is -2.68. The van der Waals surface area contributed by atoms with Crippen molar-refractivity contribution < 1.29 is 97.8 Å². The smallest absolute Gasteiger partial charge is 0.311 e. The van der Waals surface area contributed by atoms with Gasteiger partial charge in [-0.25, -0.2) is 0 Å². The zero-order valence-corrected chi connectivity index (χ0v) is 51.1. The highest BCUT2D eigenvalue weighted by Gasteiger charge is 2.55. The van der Waals surface area contributed by atoms with Crippen molar-refractivity contribution >= 4 is 11.8 Å². The van der Waals surface area contributed by atoms with Gasteiger partial charge in [0.1, 0.15) is 59.7 Å². The van der Waals surface area contributed by atoms with Crippen molar-refractivity contribution in [2.75, 3.05) is 41.4 Å². The van der Waals surface area contributed by atoms with Crippen LogP contribution in [0.4, 0.5) is 0 Å². The molecule has 26 heteroatoms. The Hall–Kier alpha value is -1.78. The maximum Gasteiger partial charge on any atom is 0.311 e. The minimum absolute atomic E-state index is 0.0665. The zero-order valence-electron chi connectivity index (χ0n) is 51.1. The third kappa shape index (κ3) is 16.1. The molecule has 1 unspecified atom stereocenters. The van der Waals surface area contributed by atoms with E-state index in [0.717, 1.165) is 6.42 Å². The van der Waals surface area contributed by atoms with Gasteiger partial charge in [-0.2, -0.15) is 0 Å². The lowest BCUT2D eigenvalue weighted by Gasteiger charge is -2.49. The number of methoxy groups -OCH3 is 1. The molecule has 6 aliphatic rings. The molecule has 5 heterocycles. The van der Waals surface area contributed by atoms with Crippen LogP contribution in [0.25, 0.3) is 0 Å². The third-order valence-electron chi connectivity index (χ3n) is 18.4. The number of aliphatic hydroxyl groups is 8. The van der Waals surface area contributed by atoms with Crippen LogP contribution in [-0.4, -0.2) is 256 Å². The van der Waals surface area contributed by atoms with E-state index < -0.39 is 168 Å². The molecule has 0 bridgehead atoms. The summed E-state index contributed by atoms with van der Waals surface area (Å²) in [5, 5.41) is 92.6. The Morgan fingerprint density at radius 2 is 1.32 bits per heavy atom. The number of likely N-dealkylation sites (N-methyl/N-ethyl adjacent to an activating group) is 2. The highest BCUT2D eigenvalue weighted by atomic mass is 16.7. The SMILES string of the molecule is CC[C@H]1OC(=O)[C@H](C)[C@@H](O[C@H]2C[C@@](C)(OC)[C@@H](O)[C@H](C)O2)[C@H](C)[C@@H](O[C@@H]2O[C@H](C)C[C@H](N(C)C)[C@H]2O)[C@](C)(O)C[C@@H](C)C(=O)[C@H](C)[C@@H](O)[C@]1(C)O.CN[C@@H]1[C@@H](O)[C@@H](O[C@H]2[C@H](N)C[C@H](N)C(O[C@H]3O[C@H](CN)CC[C@H]3N)[C@@H]2O)OC[C@]1(C)O. The number of hydrogen-bond donors (Lipinski definition) is 13. The second-order valence-electron chi connectivity index (χ2n) is 25.6. The molecule has 5 aliphatic heterocycles. The summed E-state index contributed by atoms with van der Waals surface area (Å²) in [6.07, 6.45) is -14.2. The Morgan fingerprint density at radius 3 is 1.88 bits per heavy atom. The van der Waals surface area contributed by atoms with Crippen LogP contribution in [0.3, 0.4) is 0 Å². The molecule has 30 atom stereocenters. The molecular formula is C56H106N6O20. The molecule has 0 radical (unpaired) electrons. The van der Waals surface area contributed by atoms with Gasteiger partial charge < -0.3 is 121 Å². The molecule has 1 aliphatic carbocycles. The summed E-state index contributed by atoms with van der Waals surface area (Å²) in [5.74, 6) is -4.98. The molecule has 6 fully saturated rings. The van der Waals surface area contributed by atoms with E-state index in [2.05, 4.69) is 5.32 Å². The van der Waals surface area contributed by atoms with Crippen molar-refractivity contribution in [1.82, 2.24) is 10.2 Å². The Kier molecular flexibility index (Phi) is 25.1. The number of cyclic esters (lactones) is 1. The molecule has 0 aromatic rings. The molecule has 480 valence electrons. The molecule has 5 saturated heterocycles. The van der Waals surface area contributed by atoms with Crippen LogP contribution in [0.2, 0.25) is 0 Å². The first-order valence-corrected chi connectivity index (χ1v) is 29.4. The largest absolute Gasteiger partial charge is 0.459 e. The van der Waals surface area contributed by atoms with Crippen molar-refractivity contribution in [3.63, 3.8) is 0 Å². The van der Waals surface area contributed by atoms with Gasteiger partial charge in [0.2, 0.25) is 0 Å². The summed E-state index contributed by atoms with van der Waals surface area (Å²) in [6, 6.07) is -2.58. The Morgan fingerprint density at radius 1 is 0.707 bits per heavy atom. The van der Waals surface area contributed by atoms with E-state index in [4.69, 9.17) is 70.3 Å². The summed E-state index contributed by atoms with van der Waals surface area (Å²) in [6.45, 7) is 18.2. The second kappa shape index (κ2) is 29.0. The minimum atomic E-state index is -1.99. The number of esters is 1. The fourth-order valence-electron chi connectivity index (χ4n) is 13.1. The average Bonchev–Trinajstić information content (AvgIpc) is 3.44. The van der Waals surface area contributed by atoms with Crippen molar-refractivity contribution in [2.24, 2.45) is 46.6 Å². The number of nitrogens with one attached hydrogen (secondary N) is 1. The standard InChI is InChI=1S/C37H67NO13.C19H39N5O7/c1-14-25-37(10,45)30(41)20(4)27(39)18(2)16-35(8,44)32(51-34-28(40)24(38(11)12)15-19(3)47-34)21(5)29(22(6)33(43)49-25)50-26-17-36(9,46-13)31(42)23(7)48-26;1-19(27)7-28-18(13(26)16(19)24-2)31-15-11(23)5-10(22)14(12(15)25)30-17-9(21)4-3-8(6-20)29-17/h18-26,28-32,34,40-42,44-45H,14-17H2,1-13H3;8-18,24-27H,3-7,20-23H2,1-2H3/t18-,19-,20+,21+,22-,23+,24+,25-,26+,28-,29+,30-,31+,32-,34+,35-,36-,37-;8-,9+,10-,11+,12-,13+,14?,15-,16+,17+,18+,19-/m10/s1. The number of hydrogen-bond acceptors (Lipinski definition) is 26. The lowest BCUT2D eigenvalue weighted by atomic mass is 9.74. The minimum Gasteiger partial charge on any atom is -0.459 e. The van der Waals surface area contributed by atoms with Crippen molar-refractivity contribution in [2.45, 2.75) is 278 Å². The van der Waals surface area contributed by atoms with Gasteiger partial charge in [0.05, 0.1) is 72.4 Å². The molecule has 0 spiro atoms. The zero-order chi connectivity index (χ0) is 61.9. The fraction of sp³-hybridized carbons (Fsp3) is 0.964. The van der Waals surface area contributed by atoms with Crippen molar-refractivity contribution in [3.8, 4) is 0 Å². The first kappa shape index (κ1) is 71.0. The maximum atomic E-state index is 14.1. The van der Waals surface area contributed by atoms with Crippen molar-refractivity contribution in [3.05, 3.63) is 0 Å². The van der Waals surface area contributed by atoms with Crippen LogP contribution in [0.5, 0.6) is 0 Å². The molecular weight excluding hydrogens is 1080 g/mol. The van der Waals surface area contributed by atoms with Gasteiger partial charge in [-0.3, -0.25) is 9.59 Å². The number of aliphatic hydroxyl groups excluding tert-OH is 5. The topological polar surface area (TPSA) is 408 Å². The summed E-state index contributed by atoms with van der Waals surface area (Å²) >= 11 is 0. The van der Waals surface area contributed by atoms with E-state index in [0.29, 0.717) is 25.8 Å². The fourth-order valence-corrected chi connectivity index (χ4v) is 13.1.